The topological polar surface area (TPSA) is 61.9 Å². The summed E-state index contributed by atoms with van der Waals surface area (Å²) in [4.78, 5) is 29.0. The van der Waals surface area contributed by atoms with E-state index in [4.69, 9.17) is 4.74 Å². The van der Waals surface area contributed by atoms with Gasteiger partial charge in [-0.15, -0.1) is 0 Å². The quantitative estimate of drug-likeness (QED) is 0.763. The molecule has 1 heterocycles. The van der Waals surface area contributed by atoms with Crippen LogP contribution in [0.3, 0.4) is 0 Å². The second-order valence-corrected chi connectivity index (χ2v) is 7.70. The normalized spacial score (nSPS) is 13.8. The zero-order valence-corrected chi connectivity index (χ0v) is 18.1. The number of ether oxygens (including phenoxy) is 1. The van der Waals surface area contributed by atoms with E-state index >= 15 is 0 Å². The highest BCUT2D eigenvalue weighted by atomic mass is 16.5. The van der Waals surface area contributed by atoms with Crippen LogP contribution < -0.4 is 10.2 Å². The molecular formula is C24H31N3O3. The number of anilines is 2. The summed E-state index contributed by atoms with van der Waals surface area (Å²) < 4.78 is 5.38. The molecule has 1 aliphatic rings. The summed E-state index contributed by atoms with van der Waals surface area (Å²) in [5.74, 6) is -0.233. The molecule has 2 amide bonds. The first-order chi connectivity index (χ1) is 14.5. The Hall–Kier alpha value is -2.86. The molecule has 0 atom stereocenters. The fraction of sp³-hybridized carbons (Fsp3) is 0.417. The number of nitrogens with zero attached hydrogens (tertiary/aromatic N) is 2. The van der Waals surface area contributed by atoms with Crippen molar-refractivity contribution >= 4 is 23.2 Å². The van der Waals surface area contributed by atoms with E-state index < -0.39 is 0 Å². The molecular weight excluding hydrogens is 378 g/mol. The number of amides is 2. The van der Waals surface area contributed by atoms with Crippen LogP contribution in [0.5, 0.6) is 0 Å². The molecule has 6 heteroatoms. The van der Waals surface area contributed by atoms with Gasteiger partial charge < -0.3 is 19.9 Å². The van der Waals surface area contributed by atoms with Gasteiger partial charge in [0, 0.05) is 31.0 Å². The van der Waals surface area contributed by atoms with Gasteiger partial charge in [0.05, 0.1) is 26.2 Å². The lowest BCUT2D eigenvalue weighted by molar-refractivity contribution is -0.133. The fourth-order valence-corrected chi connectivity index (χ4v) is 3.53. The van der Waals surface area contributed by atoms with Gasteiger partial charge in [-0.05, 0) is 61.7 Å². The number of rotatable bonds is 7. The minimum Gasteiger partial charge on any atom is -0.378 e. The Morgan fingerprint density at radius 2 is 1.73 bits per heavy atom. The molecule has 0 saturated carbocycles. The van der Waals surface area contributed by atoms with Crippen molar-refractivity contribution in [3.8, 4) is 0 Å². The van der Waals surface area contributed by atoms with Crippen molar-refractivity contribution in [3.05, 3.63) is 59.2 Å². The minimum atomic E-state index is -0.190. The van der Waals surface area contributed by atoms with Crippen LogP contribution in [0.1, 0.15) is 23.6 Å². The van der Waals surface area contributed by atoms with E-state index in [9.17, 15) is 9.59 Å². The number of benzene rings is 2. The molecule has 0 bridgehead atoms. The maximum atomic E-state index is 12.7. The van der Waals surface area contributed by atoms with E-state index in [1.165, 1.54) is 11.1 Å². The summed E-state index contributed by atoms with van der Waals surface area (Å²) in [6, 6.07) is 13.8. The standard InChI is InChI=1S/C24H31N3O3/c1-4-26(24(29)16-20-6-5-18(2)19(3)15-20)17-23(28)25-21-7-9-22(10-8-21)27-11-13-30-14-12-27/h5-10,15H,4,11-14,16-17H2,1-3H3,(H,25,28). The van der Waals surface area contributed by atoms with Crippen LogP contribution in [-0.4, -0.2) is 56.1 Å². The number of carbonyl (C=O) groups is 2. The summed E-state index contributed by atoms with van der Waals surface area (Å²) >= 11 is 0. The molecule has 30 heavy (non-hydrogen) atoms. The van der Waals surface area contributed by atoms with Gasteiger partial charge in [-0.2, -0.15) is 0 Å². The Kier molecular flexibility index (Phi) is 7.46. The highest BCUT2D eigenvalue weighted by Gasteiger charge is 2.17. The van der Waals surface area contributed by atoms with Crippen molar-refractivity contribution in [2.24, 2.45) is 0 Å². The maximum Gasteiger partial charge on any atom is 0.243 e. The number of nitrogens with one attached hydrogen (secondary N) is 1. The number of carbonyl (C=O) groups excluding carboxylic acids is 2. The monoisotopic (exact) mass is 409 g/mol. The molecule has 6 nitrogen and oxygen atoms in total. The average molecular weight is 410 g/mol. The van der Waals surface area contributed by atoms with E-state index in [0.717, 1.165) is 43.2 Å². The van der Waals surface area contributed by atoms with Crippen molar-refractivity contribution in [1.29, 1.82) is 0 Å². The number of aryl methyl sites for hydroxylation is 2. The van der Waals surface area contributed by atoms with Crippen molar-refractivity contribution in [2.75, 3.05) is 49.6 Å². The summed E-state index contributed by atoms with van der Waals surface area (Å²) in [6.07, 6.45) is 0.302. The third-order valence-corrected chi connectivity index (χ3v) is 5.52. The van der Waals surface area contributed by atoms with Gasteiger partial charge in [-0.3, -0.25) is 9.59 Å². The number of likely N-dealkylation sites (N-methyl/N-ethyl adjacent to an activating group) is 1. The molecule has 1 N–H and O–H groups in total. The van der Waals surface area contributed by atoms with E-state index in [2.05, 4.69) is 17.1 Å². The largest absolute Gasteiger partial charge is 0.378 e. The lowest BCUT2D eigenvalue weighted by Crippen LogP contribution is -2.38. The highest BCUT2D eigenvalue weighted by molar-refractivity contribution is 5.95. The molecule has 0 aromatic heterocycles. The van der Waals surface area contributed by atoms with Gasteiger partial charge >= 0.3 is 0 Å². The molecule has 2 aromatic rings. The molecule has 1 aliphatic heterocycles. The summed E-state index contributed by atoms with van der Waals surface area (Å²) in [5, 5.41) is 2.90. The first kappa shape index (κ1) is 21.8. The van der Waals surface area contributed by atoms with Crippen LogP contribution in [0.15, 0.2) is 42.5 Å². The van der Waals surface area contributed by atoms with E-state index in [1.54, 1.807) is 4.90 Å². The Morgan fingerprint density at radius 3 is 2.37 bits per heavy atom. The van der Waals surface area contributed by atoms with Crippen molar-refractivity contribution < 1.29 is 14.3 Å². The molecule has 3 rings (SSSR count). The van der Waals surface area contributed by atoms with Crippen LogP contribution in [0.25, 0.3) is 0 Å². The third-order valence-electron chi connectivity index (χ3n) is 5.52. The van der Waals surface area contributed by atoms with Crippen LogP contribution in [0.4, 0.5) is 11.4 Å². The van der Waals surface area contributed by atoms with Crippen LogP contribution >= 0.6 is 0 Å². The zero-order valence-electron chi connectivity index (χ0n) is 18.1. The average Bonchev–Trinajstić information content (AvgIpc) is 2.75. The molecule has 1 fully saturated rings. The number of morpholine rings is 1. The Morgan fingerprint density at radius 1 is 1.03 bits per heavy atom. The SMILES string of the molecule is CCN(CC(=O)Nc1ccc(N2CCOCC2)cc1)C(=O)Cc1ccc(C)c(C)c1. The summed E-state index contributed by atoms with van der Waals surface area (Å²) in [5.41, 5.74) is 5.20. The predicted octanol–water partition coefficient (Wildman–Crippen LogP) is 3.17. The molecule has 0 unspecified atom stereocenters. The maximum absolute atomic E-state index is 12.7. The second kappa shape index (κ2) is 10.3. The molecule has 0 spiro atoms. The smallest absolute Gasteiger partial charge is 0.243 e. The molecule has 0 radical (unpaired) electrons. The molecule has 160 valence electrons. The van der Waals surface area contributed by atoms with Gasteiger partial charge in [-0.1, -0.05) is 18.2 Å². The predicted molar refractivity (Wildman–Crippen MR) is 120 cm³/mol. The van der Waals surface area contributed by atoms with Crippen LogP contribution in [-0.2, 0) is 20.7 Å². The number of hydrogen-bond acceptors (Lipinski definition) is 4. The summed E-state index contributed by atoms with van der Waals surface area (Å²) in [6.45, 7) is 9.75. The third kappa shape index (κ3) is 5.83. The number of hydrogen-bond donors (Lipinski definition) is 1. The Balaban J connectivity index is 1.54. The molecule has 1 saturated heterocycles. The van der Waals surface area contributed by atoms with E-state index in [-0.39, 0.29) is 18.4 Å². The zero-order chi connectivity index (χ0) is 21.5. The van der Waals surface area contributed by atoms with Gasteiger partial charge in [0.2, 0.25) is 11.8 Å². The molecule has 2 aromatic carbocycles. The second-order valence-electron chi connectivity index (χ2n) is 7.70. The van der Waals surface area contributed by atoms with E-state index in [1.807, 2.05) is 56.3 Å². The summed E-state index contributed by atoms with van der Waals surface area (Å²) in [7, 11) is 0. The Labute approximate surface area is 178 Å². The van der Waals surface area contributed by atoms with Gasteiger partial charge in [0.1, 0.15) is 0 Å². The van der Waals surface area contributed by atoms with Crippen molar-refractivity contribution in [1.82, 2.24) is 4.90 Å². The molecule has 0 aliphatic carbocycles. The van der Waals surface area contributed by atoms with Crippen LogP contribution in [0, 0.1) is 13.8 Å². The van der Waals surface area contributed by atoms with E-state index in [0.29, 0.717) is 13.0 Å². The van der Waals surface area contributed by atoms with Crippen molar-refractivity contribution in [2.45, 2.75) is 27.2 Å². The first-order valence-corrected chi connectivity index (χ1v) is 10.5. The van der Waals surface area contributed by atoms with Gasteiger partial charge in [0.25, 0.3) is 0 Å². The Bertz CT molecular complexity index is 874. The first-order valence-electron chi connectivity index (χ1n) is 10.5. The van der Waals surface area contributed by atoms with Gasteiger partial charge in [0.15, 0.2) is 0 Å². The fourth-order valence-electron chi connectivity index (χ4n) is 3.53. The van der Waals surface area contributed by atoms with Gasteiger partial charge in [-0.25, -0.2) is 0 Å². The lowest BCUT2D eigenvalue weighted by Gasteiger charge is -2.29. The van der Waals surface area contributed by atoms with Crippen LogP contribution in [0.2, 0.25) is 0 Å². The highest BCUT2D eigenvalue weighted by Crippen LogP contribution is 2.19. The lowest BCUT2D eigenvalue weighted by atomic mass is 10.0. The minimum absolute atomic E-state index is 0.0430. The van der Waals surface area contributed by atoms with Crippen molar-refractivity contribution in [3.63, 3.8) is 0 Å².